The van der Waals surface area contributed by atoms with Gasteiger partial charge in [0, 0.05) is 17.8 Å². The fourth-order valence-corrected chi connectivity index (χ4v) is 1.73. The molecule has 16 heavy (non-hydrogen) atoms. The minimum Gasteiger partial charge on any atom is -0.468 e. The summed E-state index contributed by atoms with van der Waals surface area (Å²) in [4.78, 5) is 0. The molecule has 0 fully saturated rings. The second-order valence-corrected chi connectivity index (χ2v) is 4.03. The Morgan fingerprint density at radius 2 is 2.31 bits per heavy atom. The molecule has 0 saturated carbocycles. The van der Waals surface area contributed by atoms with E-state index in [4.69, 9.17) is 4.42 Å². The quantitative estimate of drug-likeness (QED) is 0.830. The van der Waals surface area contributed by atoms with Gasteiger partial charge in [-0.25, -0.2) is 0 Å². The van der Waals surface area contributed by atoms with Crippen LogP contribution in [0.5, 0.6) is 0 Å². The second-order valence-electron chi connectivity index (χ2n) is 4.03. The van der Waals surface area contributed by atoms with Crippen LogP contribution in [0.25, 0.3) is 0 Å². The lowest BCUT2D eigenvalue weighted by Gasteiger charge is -2.11. The van der Waals surface area contributed by atoms with Gasteiger partial charge in [0.2, 0.25) is 0 Å². The Kier molecular flexibility index (Phi) is 3.10. The summed E-state index contributed by atoms with van der Waals surface area (Å²) in [6, 6.07) is 4.10. The number of hydrogen-bond acceptors (Lipinski definition) is 3. The van der Waals surface area contributed by atoms with Crippen molar-refractivity contribution in [3.8, 4) is 0 Å². The van der Waals surface area contributed by atoms with Gasteiger partial charge in [0.15, 0.2) is 0 Å². The predicted octanol–water partition coefficient (Wildman–Crippen LogP) is 2.47. The molecule has 2 aromatic heterocycles. The third kappa shape index (κ3) is 2.17. The van der Waals surface area contributed by atoms with E-state index in [1.54, 1.807) is 6.26 Å². The molecule has 0 aliphatic carbocycles. The largest absolute Gasteiger partial charge is 0.468 e. The highest BCUT2D eigenvalue weighted by molar-refractivity contribution is 5.23. The summed E-state index contributed by atoms with van der Waals surface area (Å²) in [5.74, 6) is 0.957. The van der Waals surface area contributed by atoms with Gasteiger partial charge in [-0.1, -0.05) is 0 Å². The van der Waals surface area contributed by atoms with Crippen molar-refractivity contribution in [1.82, 2.24) is 15.5 Å². The van der Waals surface area contributed by atoms with E-state index >= 15 is 0 Å². The number of aryl methyl sites for hydroxylation is 2. The van der Waals surface area contributed by atoms with Crippen LogP contribution in [0.15, 0.2) is 22.8 Å². The second kappa shape index (κ2) is 4.53. The van der Waals surface area contributed by atoms with E-state index in [9.17, 15) is 0 Å². The van der Waals surface area contributed by atoms with Crippen molar-refractivity contribution in [3.05, 3.63) is 41.1 Å². The zero-order valence-corrected chi connectivity index (χ0v) is 9.87. The number of nitrogens with one attached hydrogen (secondary N) is 2. The van der Waals surface area contributed by atoms with E-state index < -0.39 is 0 Å². The average molecular weight is 219 g/mol. The number of nitrogens with zero attached hydrogens (tertiary/aromatic N) is 1. The molecule has 0 aliphatic rings. The van der Waals surface area contributed by atoms with Gasteiger partial charge in [-0.3, -0.25) is 5.10 Å². The molecule has 2 rings (SSSR count). The summed E-state index contributed by atoms with van der Waals surface area (Å²) >= 11 is 0. The first-order valence-corrected chi connectivity index (χ1v) is 5.45. The SMILES string of the molecule is Cc1n[nH]c(C)c1CN[C@H](C)c1ccco1. The lowest BCUT2D eigenvalue weighted by atomic mass is 10.2. The van der Waals surface area contributed by atoms with Crippen molar-refractivity contribution in [2.45, 2.75) is 33.4 Å². The van der Waals surface area contributed by atoms with Crippen LogP contribution in [-0.2, 0) is 6.54 Å². The maximum atomic E-state index is 5.34. The normalized spacial score (nSPS) is 12.9. The van der Waals surface area contributed by atoms with Crippen LogP contribution >= 0.6 is 0 Å². The minimum absolute atomic E-state index is 0.212. The molecule has 4 nitrogen and oxygen atoms in total. The van der Waals surface area contributed by atoms with Crippen LogP contribution in [0.3, 0.4) is 0 Å². The Bertz CT molecular complexity index is 425. The van der Waals surface area contributed by atoms with Crippen LogP contribution in [0.1, 0.15) is 35.7 Å². The Hall–Kier alpha value is -1.55. The van der Waals surface area contributed by atoms with Gasteiger partial charge in [-0.2, -0.15) is 5.10 Å². The summed E-state index contributed by atoms with van der Waals surface area (Å²) in [6.45, 7) is 6.94. The molecule has 2 aromatic rings. The van der Waals surface area contributed by atoms with Crippen LogP contribution in [0, 0.1) is 13.8 Å². The molecule has 1 atom stereocenters. The van der Waals surface area contributed by atoms with Crippen LogP contribution < -0.4 is 5.32 Å². The van der Waals surface area contributed by atoms with Crippen molar-refractivity contribution < 1.29 is 4.42 Å². The van der Waals surface area contributed by atoms with Gasteiger partial charge >= 0.3 is 0 Å². The van der Waals surface area contributed by atoms with Crippen LogP contribution in [-0.4, -0.2) is 10.2 Å². The Morgan fingerprint density at radius 1 is 1.50 bits per heavy atom. The van der Waals surface area contributed by atoms with E-state index in [0.29, 0.717) is 0 Å². The molecule has 86 valence electrons. The molecule has 0 amide bonds. The van der Waals surface area contributed by atoms with Gasteiger partial charge in [0.1, 0.15) is 5.76 Å². The molecule has 0 unspecified atom stereocenters. The molecule has 0 spiro atoms. The van der Waals surface area contributed by atoms with Gasteiger partial charge in [-0.05, 0) is 32.9 Å². The van der Waals surface area contributed by atoms with Crippen molar-refractivity contribution in [1.29, 1.82) is 0 Å². The highest BCUT2D eigenvalue weighted by Gasteiger charge is 2.10. The van der Waals surface area contributed by atoms with Crippen molar-refractivity contribution >= 4 is 0 Å². The first-order valence-electron chi connectivity index (χ1n) is 5.45. The summed E-state index contributed by atoms with van der Waals surface area (Å²) in [5, 5.41) is 10.6. The number of aromatic amines is 1. The monoisotopic (exact) mass is 219 g/mol. The molecule has 2 heterocycles. The van der Waals surface area contributed by atoms with Crippen LogP contribution in [0.4, 0.5) is 0 Å². The summed E-state index contributed by atoms with van der Waals surface area (Å²) in [5.41, 5.74) is 3.41. The average Bonchev–Trinajstić information content (AvgIpc) is 2.87. The van der Waals surface area contributed by atoms with Gasteiger partial charge in [0.25, 0.3) is 0 Å². The van der Waals surface area contributed by atoms with E-state index in [1.807, 2.05) is 26.0 Å². The first kappa shape index (κ1) is 11.0. The lowest BCUT2D eigenvalue weighted by molar-refractivity contribution is 0.430. The number of H-pyrrole nitrogens is 1. The third-order valence-electron chi connectivity index (χ3n) is 2.84. The molecule has 0 aliphatic heterocycles. The van der Waals surface area contributed by atoms with Crippen molar-refractivity contribution in [2.24, 2.45) is 0 Å². The minimum atomic E-state index is 0.212. The highest BCUT2D eigenvalue weighted by atomic mass is 16.3. The lowest BCUT2D eigenvalue weighted by Crippen LogP contribution is -2.18. The number of hydrogen-bond donors (Lipinski definition) is 2. The molecular formula is C12H17N3O. The Balaban J connectivity index is 1.98. The molecule has 2 N–H and O–H groups in total. The zero-order valence-electron chi connectivity index (χ0n) is 9.87. The maximum Gasteiger partial charge on any atom is 0.120 e. The van der Waals surface area contributed by atoms with Crippen LogP contribution in [0.2, 0.25) is 0 Å². The van der Waals surface area contributed by atoms with Crippen molar-refractivity contribution in [3.63, 3.8) is 0 Å². The topological polar surface area (TPSA) is 53.9 Å². The molecule has 0 saturated heterocycles. The predicted molar refractivity (Wildman–Crippen MR) is 62.0 cm³/mol. The maximum absolute atomic E-state index is 5.34. The van der Waals surface area contributed by atoms with Gasteiger partial charge in [0.05, 0.1) is 18.0 Å². The van der Waals surface area contributed by atoms with E-state index in [2.05, 4.69) is 22.4 Å². The zero-order chi connectivity index (χ0) is 11.5. The number of aromatic nitrogens is 2. The molecule has 0 bridgehead atoms. The fourth-order valence-electron chi connectivity index (χ4n) is 1.73. The van der Waals surface area contributed by atoms with Gasteiger partial charge in [-0.15, -0.1) is 0 Å². The highest BCUT2D eigenvalue weighted by Crippen LogP contribution is 2.15. The third-order valence-corrected chi connectivity index (χ3v) is 2.84. The number of furan rings is 1. The van der Waals surface area contributed by atoms with E-state index in [0.717, 1.165) is 23.7 Å². The summed E-state index contributed by atoms with van der Waals surface area (Å²) in [6.07, 6.45) is 1.70. The van der Waals surface area contributed by atoms with Gasteiger partial charge < -0.3 is 9.73 Å². The van der Waals surface area contributed by atoms with Crippen molar-refractivity contribution in [2.75, 3.05) is 0 Å². The summed E-state index contributed by atoms with van der Waals surface area (Å²) < 4.78 is 5.34. The van der Waals surface area contributed by atoms with E-state index in [1.165, 1.54) is 5.56 Å². The fraction of sp³-hybridized carbons (Fsp3) is 0.417. The molecule has 0 aromatic carbocycles. The number of rotatable bonds is 4. The standard InChI is InChI=1S/C12H17N3O/c1-8-11(9(2)15-14-8)7-13-10(3)12-5-4-6-16-12/h4-6,10,13H,7H2,1-3H3,(H,14,15)/t10-/m1/s1. The summed E-state index contributed by atoms with van der Waals surface area (Å²) in [7, 11) is 0. The first-order chi connectivity index (χ1) is 7.68. The van der Waals surface area contributed by atoms with E-state index in [-0.39, 0.29) is 6.04 Å². The molecule has 0 radical (unpaired) electrons. The molecule has 4 heteroatoms. The molecular weight excluding hydrogens is 202 g/mol. The Morgan fingerprint density at radius 3 is 2.88 bits per heavy atom. The smallest absolute Gasteiger partial charge is 0.120 e. The Labute approximate surface area is 95.1 Å².